The fourth-order valence-corrected chi connectivity index (χ4v) is 3.07. The van der Waals surface area contributed by atoms with Gasteiger partial charge in [-0.2, -0.15) is 0 Å². The zero-order chi connectivity index (χ0) is 15.9. The van der Waals surface area contributed by atoms with Crippen LogP contribution in [-0.2, 0) is 13.9 Å². The molecule has 1 aliphatic rings. The van der Waals surface area contributed by atoms with Gasteiger partial charge < -0.3 is 19.0 Å². The number of hydrogen-bond acceptors (Lipinski definition) is 4. The number of ether oxygens (including phenoxy) is 2. The van der Waals surface area contributed by atoms with Crippen molar-refractivity contribution in [2.75, 3.05) is 26.4 Å². The molecule has 2 atom stereocenters. The van der Waals surface area contributed by atoms with Gasteiger partial charge in [-0.25, -0.2) is 0 Å². The Bertz CT molecular complexity index is 282. The van der Waals surface area contributed by atoms with Crippen molar-refractivity contribution < 1.29 is 19.0 Å². The van der Waals surface area contributed by atoms with Crippen LogP contribution < -0.4 is 0 Å². The van der Waals surface area contributed by atoms with Gasteiger partial charge in [-0.15, -0.1) is 0 Å². The molecule has 0 amide bonds. The molecule has 4 nitrogen and oxygen atoms in total. The summed E-state index contributed by atoms with van der Waals surface area (Å²) < 4.78 is 17.5. The Labute approximate surface area is 131 Å². The molecule has 0 bridgehead atoms. The van der Waals surface area contributed by atoms with E-state index in [1.165, 1.54) is 6.42 Å². The van der Waals surface area contributed by atoms with E-state index in [0.717, 1.165) is 25.9 Å². The van der Waals surface area contributed by atoms with Crippen molar-refractivity contribution in [2.45, 2.75) is 70.9 Å². The van der Waals surface area contributed by atoms with E-state index in [2.05, 4.69) is 33.9 Å². The molecule has 21 heavy (non-hydrogen) atoms. The molecular formula is C16H34O4Si. The molecule has 1 aliphatic heterocycles. The Balaban J connectivity index is 2.24. The maximum absolute atomic E-state index is 9.48. The number of hydrogen-bond donors (Lipinski definition) is 1. The lowest BCUT2D eigenvalue weighted by atomic mass is 10.1. The minimum Gasteiger partial charge on any atom is -0.417 e. The van der Waals surface area contributed by atoms with Crippen LogP contribution in [0.5, 0.6) is 0 Å². The smallest absolute Gasteiger partial charge is 0.191 e. The summed E-state index contributed by atoms with van der Waals surface area (Å²) in [5, 5.41) is 9.71. The maximum atomic E-state index is 9.48. The third-order valence-corrected chi connectivity index (χ3v) is 9.25. The first kappa shape index (κ1) is 19.1. The van der Waals surface area contributed by atoms with Gasteiger partial charge in [0, 0.05) is 25.7 Å². The van der Waals surface area contributed by atoms with E-state index in [1.54, 1.807) is 0 Å². The molecule has 0 radical (unpaired) electrons. The SMILES string of the molecule is CC(C)(C)[Si](C)(C)OCCC(CO)COC1CCCCO1. The van der Waals surface area contributed by atoms with Crippen LogP contribution in [0, 0.1) is 5.92 Å². The summed E-state index contributed by atoms with van der Waals surface area (Å²) in [7, 11) is -1.69. The third-order valence-electron chi connectivity index (χ3n) is 4.71. The van der Waals surface area contributed by atoms with E-state index >= 15 is 0 Å². The molecular weight excluding hydrogens is 284 g/mol. The predicted octanol–water partition coefficient (Wildman–Crippen LogP) is 3.55. The Morgan fingerprint density at radius 2 is 2.00 bits per heavy atom. The summed E-state index contributed by atoms with van der Waals surface area (Å²) in [5.41, 5.74) is 0. The highest BCUT2D eigenvalue weighted by atomic mass is 28.4. The monoisotopic (exact) mass is 318 g/mol. The molecule has 0 aliphatic carbocycles. The van der Waals surface area contributed by atoms with Crippen molar-refractivity contribution in [1.29, 1.82) is 0 Å². The molecule has 1 saturated heterocycles. The largest absolute Gasteiger partial charge is 0.417 e. The van der Waals surface area contributed by atoms with Crippen LogP contribution in [0.1, 0.15) is 46.5 Å². The van der Waals surface area contributed by atoms with Gasteiger partial charge in [-0.3, -0.25) is 0 Å². The Morgan fingerprint density at radius 1 is 1.29 bits per heavy atom. The molecule has 2 unspecified atom stereocenters. The van der Waals surface area contributed by atoms with Crippen molar-refractivity contribution >= 4 is 8.32 Å². The van der Waals surface area contributed by atoms with Crippen LogP contribution in [0.2, 0.25) is 18.1 Å². The number of aliphatic hydroxyl groups is 1. The molecule has 1 heterocycles. The highest BCUT2D eigenvalue weighted by molar-refractivity contribution is 6.74. The predicted molar refractivity (Wildman–Crippen MR) is 87.9 cm³/mol. The second-order valence-electron chi connectivity index (χ2n) is 7.58. The summed E-state index contributed by atoms with van der Waals surface area (Å²) in [6.45, 7) is 13.4. The zero-order valence-electron chi connectivity index (χ0n) is 14.5. The van der Waals surface area contributed by atoms with Gasteiger partial charge in [0.15, 0.2) is 14.6 Å². The molecule has 0 saturated carbocycles. The summed E-state index contributed by atoms with van der Waals surface area (Å²) in [4.78, 5) is 0. The second-order valence-corrected chi connectivity index (χ2v) is 12.4. The first-order chi connectivity index (χ1) is 9.76. The zero-order valence-corrected chi connectivity index (χ0v) is 15.5. The Hall–Kier alpha value is 0.0569. The normalized spacial score (nSPS) is 22.3. The topological polar surface area (TPSA) is 47.9 Å². The van der Waals surface area contributed by atoms with Gasteiger partial charge in [-0.1, -0.05) is 20.8 Å². The van der Waals surface area contributed by atoms with Crippen LogP contribution in [0.25, 0.3) is 0 Å². The number of rotatable bonds is 8. The molecule has 1 rings (SSSR count). The summed E-state index contributed by atoms with van der Waals surface area (Å²) in [6, 6.07) is 0. The van der Waals surface area contributed by atoms with Gasteiger partial charge in [-0.05, 0) is 43.8 Å². The summed E-state index contributed by atoms with van der Waals surface area (Å²) in [5.74, 6) is 0.139. The van der Waals surface area contributed by atoms with Gasteiger partial charge in [0.05, 0.1) is 6.61 Å². The molecule has 1 fully saturated rings. The lowest BCUT2D eigenvalue weighted by Crippen LogP contribution is -2.41. The fraction of sp³-hybridized carbons (Fsp3) is 1.00. The second kappa shape index (κ2) is 8.63. The van der Waals surface area contributed by atoms with Crippen molar-refractivity contribution in [3.05, 3.63) is 0 Å². The van der Waals surface area contributed by atoms with E-state index in [0.29, 0.717) is 13.2 Å². The van der Waals surface area contributed by atoms with E-state index < -0.39 is 8.32 Å². The van der Waals surface area contributed by atoms with Crippen molar-refractivity contribution in [3.63, 3.8) is 0 Å². The molecule has 0 aromatic heterocycles. The van der Waals surface area contributed by atoms with E-state index in [4.69, 9.17) is 13.9 Å². The lowest BCUT2D eigenvalue weighted by molar-refractivity contribution is -0.171. The van der Waals surface area contributed by atoms with Crippen LogP contribution in [0.15, 0.2) is 0 Å². The highest BCUT2D eigenvalue weighted by Gasteiger charge is 2.37. The van der Waals surface area contributed by atoms with Crippen LogP contribution in [0.3, 0.4) is 0 Å². The minimum absolute atomic E-state index is 0.0749. The Kier molecular flexibility index (Phi) is 7.85. The third kappa shape index (κ3) is 6.78. The Morgan fingerprint density at radius 3 is 2.52 bits per heavy atom. The average Bonchev–Trinajstić information content (AvgIpc) is 2.42. The average molecular weight is 319 g/mol. The fourth-order valence-electron chi connectivity index (χ4n) is 2.01. The van der Waals surface area contributed by atoms with E-state index in [-0.39, 0.29) is 23.9 Å². The van der Waals surface area contributed by atoms with Crippen molar-refractivity contribution in [3.8, 4) is 0 Å². The first-order valence-electron chi connectivity index (χ1n) is 8.24. The molecule has 0 aromatic rings. The van der Waals surface area contributed by atoms with Crippen LogP contribution in [0.4, 0.5) is 0 Å². The van der Waals surface area contributed by atoms with Crippen molar-refractivity contribution in [1.82, 2.24) is 0 Å². The van der Waals surface area contributed by atoms with Gasteiger partial charge in [0.1, 0.15) is 0 Å². The minimum atomic E-state index is -1.69. The standard InChI is InChI=1S/C16H34O4Si/c1-16(2,3)21(4,5)20-11-9-14(12-17)13-19-15-8-6-7-10-18-15/h14-15,17H,6-13H2,1-5H3. The van der Waals surface area contributed by atoms with Crippen LogP contribution >= 0.6 is 0 Å². The van der Waals surface area contributed by atoms with E-state index in [9.17, 15) is 5.11 Å². The lowest BCUT2D eigenvalue weighted by Gasteiger charge is -2.36. The van der Waals surface area contributed by atoms with E-state index in [1.807, 2.05) is 0 Å². The summed E-state index contributed by atoms with van der Waals surface area (Å²) in [6.07, 6.45) is 4.04. The maximum Gasteiger partial charge on any atom is 0.191 e. The molecule has 126 valence electrons. The highest BCUT2D eigenvalue weighted by Crippen LogP contribution is 2.36. The summed E-state index contributed by atoms with van der Waals surface area (Å²) >= 11 is 0. The molecule has 0 aromatic carbocycles. The molecule has 5 heteroatoms. The van der Waals surface area contributed by atoms with Gasteiger partial charge >= 0.3 is 0 Å². The first-order valence-corrected chi connectivity index (χ1v) is 11.1. The molecule has 0 spiro atoms. The number of aliphatic hydroxyl groups excluding tert-OH is 1. The quantitative estimate of drug-likeness (QED) is 0.695. The van der Waals surface area contributed by atoms with Crippen LogP contribution in [-0.4, -0.2) is 46.1 Å². The van der Waals surface area contributed by atoms with Gasteiger partial charge in [0.2, 0.25) is 0 Å². The molecule has 1 N–H and O–H groups in total. The van der Waals surface area contributed by atoms with Gasteiger partial charge in [0.25, 0.3) is 0 Å². The van der Waals surface area contributed by atoms with Crippen molar-refractivity contribution in [2.24, 2.45) is 5.92 Å².